The molecule has 2 fully saturated rings. The van der Waals surface area contributed by atoms with Gasteiger partial charge in [0.15, 0.2) is 5.60 Å². The van der Waals surface area contributed by atoms with Crippen LogP contribution in [-0.4, -0.2) is 66.0 Å². The molecule has 4 aliphatic rings. The number of rotatable bonds is 10. The van der Waals surface area contributed by atoms with E-state index in [4.69, 9.17) is 18.9 Å². The number of benzene rings is 5. The Morgan fingerprint density at radius 1 is 0.745 bits per heavy atom. The third kappa shape index (κ3) is 5.93. The van der Waals surface area contributed by atoms with Crippen LogP contribution in [0.5, 0.6) is 11.5 Å². The highest BCUT2D eigenvalue weighted by atomic mass is 32.2. The Morgan fingerprint density at radius 2 is 1.38 bits per heavy atom. The Kier molecular flexibility index (Phi) is 9.82. The molecule has 6 nitrogen and oxygen atoms in total. The maximum atomic E-state index is 7.82. The van der Waals surface area contributed by atoms with Crippen molar-refractivity contribution in [1.82, 2.24) is 0 Å². The Hall–Kier alpha value is -4.43. The van der Waals surface area contributed by atoms with E-state index in [0.29, 0.717) is 0 Å². The van der Waals surface area contributed by atoms with Gasteiger partial charge in [-0.1, -0.05) is 81.3 Å². The number of thioether (sulfide) groups is 1. The fourth-order valence-electron chi connectivity index (χ4n) is 9.96. The van der Waals surface area contributed by atoms with Gasteiger partial charge in [0, 0.05) is 64.3 Å². The van der Waals surface area contributed by atoms with Crippen LogP contribution in [0, 0.1) is 0 Å². The summed E-state index contributed by atoms with van der Waals surface area (Å²) in [5, 5.41) is 2.44. The van der Waals surface area contributed by atoms with E-state index in [2.05, 4.69) is 127 Å². The summed E-state index contributed by atoms with van der Waals surface area (Å²) in [6, 6.07) is 31.6. The zero-order valence-corrected chi connectivity index (χ0v) is 33.5. The molecule has 1 aliphatic carbocycles. The number of anilines is 2. The normalized spacial score (nSPS) is 19.9. The second-order valence-electron chi connectivity index (χ2n) is 15.3. The van der Waals surface area contributed by atoms with Gasteiger partial charge in [-0.3, -0.25) is 0 Å². The third-order valence-electron chi connectivity index (χ3n) is 12.4. The predicted octanol–water partition coefficient (Wildman–Crippen LogP) is 10.5. The molecule has 3 heterocycles. The smallest absolute Gasteiger partial charge is 0.178 e. The van der Waals surface area contributed by atoms with E-state index in [-0.39, 0.29) is 5.41 Å². The van der Waals surface area contributed by atoms with Crippen molar-refractivity contribution in [1.29, 1.82) is 0 Å². The summed E-state index contributed by atoms with van der Waals surface area (Å²) in [6.07, 6.45) is 11.3. The average molecular weight is 753 g/mol. The standard InChI is InChI=1S/C48H52N2O4S/c1-5-20-47(21-6-2)41-10-8-7-9-37(41)44-39-31-42(50-25-29-53-30-26-50)43(55-4)32-40(39)46-38(45(44)47)19-22-48(54-46,34-13-17-36(51-3)18-14-34)33-11-15-35(16-12-33)49-23-27-52-28-24-49/h7-19,22,31-32H,5-6,20-21,23-30H2,1-4H3. The number of nitrogens with zero attached hydrogens (tertiary/aromatic N) is 2. The van der Waals surface area contributed by atoms with E-state index in [1.165, 1.54) is 54.9 Å². The first-order valence-corrected chi connectivity index (χ1v) is 21.4. The van der Waals surface area contributed by atoms with Crippen molar-refractivity contribution >= 4 is 40.0 Å². The molecule has 3 aliphatic heterocycles. The van der Waals surface area contributed by atoms with Gasteiger partial charge in [-0.15, -0.1) is 11.8 Å². The van der Waals surface area contributed by atoms with Crippen LogP contribution in [0.15, 0.2) is 95.9 Å². The average Bonchev–Trinajstić information content (AvgIpc) is 3.53. The second kappa shape index (κ2) is 14.9. The molecule has 1 atom stereocenters. The van der Waals surface area contributed by atoms with Gasteiger partial charge in [0.1, 0.15) is 11.5 Å². The van der Waals surface area contributed by atoms with Gasteiger partial charge in [-0.25, -0.2) is 0 Å². The van der Waals surface area contributed by atoms with Crippen molar-refractivity contribution in [3.05, 3.63) is 119 Å². The number of morpholine rings is 2. The minimum absolute atomic E-state index is 0.112. The molecule has 0 radical (unpaired) electrons. The molecule has 5 aromatic rings. The van der Waals surface area contributed by atoms with Crippen molar-refractivity contribution in [2.45, 2.75) is 55.4 Å². The van der Waals surface area contributed by atoms with Gasteiger partial charge in [0.25, 0.3) is 0 Å². The molecule has 5 aromatic carbocycles. The summed E-state index contributed by atoms with van der Waals surface area (Å²) < 4.78 is 25.0. The number of hydrogen-bond donors (Lipinski definition) is 0. The topological polar surface area (TPSA) is 43.4 Å². The fourth-order valence-corrected chi connectivity index (χ4v) is 10.6. The third-order valence-corrected chi connectivity index (χ3v) is 13.2. The fraction of sp³-hybridized carbons (Fsp3) is 0.375. The lowest BCUT2D eigenvalue weighted by atomic mass is 9.69. The molecular formula is C48H52N2O4S. The minimum atomic E-state index is -0.865. The summed E-state index contributed by atoms with van der Waals surface area (Å²) in [4.78, 5) is 6.19. The van der Waals surface area contributed by atoms with Gasteiger partial charge in [0.05, 0.1) is 39.2 Å². The van der Waals surface area contributed by atoms with Crippen LogP contribution in [0.1, 0.15) is 67.3 Å². The number of ether oxygens (including phenoxy) is 4. The van der Waals surface area contributed by atoms with Gasteiger partial charge < -0.3 is 28.7 Å². The molecule has 55 heavy (non-hydrogen) atoms. The lowest BCUT2D eigenvalue weighted by molar-refractivity contribution is 0.122. The molecule has 0 spiro atoms. The maximum absolute atomic E-state index is 7.82. The zero-order chi connectivity index (χ0) is 37.6. The van der Waals surface area contributed by atoms with Crippen LogP contribution in [0.4, 0.5) is 11.4 Å². The van der Waals surface area contributed by atoms with E-state index < -0.39 is 5.60 Å². The SMILES string of the molecule is CCCC1(CCC)c2ccccc2-c2c1c1c(c3cc(SC)c(N4CCOCC4)cc23)OC(c2ccc(OC)cc2)(c2ccc(N3CCOCC3)cc2)C=C1. The summed E-state index contributed by atoms with van der Waals surface area (Å²) >= 11 is 1.82. The highest BCUT2D eigenvalue weighted by Crippen LogP contribution is 2.61. The first-order chi connectivity index (χ1) is 27.0. The van der Waals surface area contributed by atoms with Crippen molar-refractivity contribution in [3.8, 4) is 22.6 Å². The largest absolute Gasteiger partial charge is 0.497 e. The van der Waals surface area contributed by atoms with E-state index in [9.17, 15) is 0 Å². The molecule has 0 N–H and O–H groups in total. The molecule has 284 valence electrons. The quantitative estimate of drug-likeness (QED) is 0.132. The minimum Gasteiger partial charge on any atom is -0.497 e. The summed E-state index contributed by atoms with van der Waals surface area (Å²) in [6.45, 7) is 11.3. The van der Waals surface area contributed by atoms with Crippen LogP contribution < -0.4 is 19.3 Å². The maximum Gasteiger partial charge on any atom is 0.178 e. The van der Waals surface area contributed by atoms with Crippen molar-refractivity contribution < 1.29 is 18.9 Å². The van der Waals surface area contributed by atoms with Gasteiger partial charge in [-0.05, 0) is 89.2 Å². The lowest BCUT2D eigenvalue weighted by Gasteiger charge is -2.40. The van der Waals surface area contributed by atoms with Crippen LogP contribution >= 0.6 is 11.8 Å². The molecule has 7 heteroatoms. The Morgan fingerprint density at radius 3 is 2.02 bits per heavy atom. The van der Waals surface area contributed by atoms with Crippen molar-refractivity contribution in [2.75, 3.05) is 75.8 Å². The second-order valence-corrected chi connectivity index (χ2v) is 16.2. The molecule has 9 rings (SSSR count). The number of hydrogen-bond acceptors (Lipinski definition) is 7. The molecule has 0 bridgehead atoms. The zero-order valence-electron chi connectivity index (χ0n) is 32.7. The van der Waals surface area contributed by atoms with Crippen molar-refractivity contribution in [2.24, 2.45) is 0 Å². The first-order valence-electron chi connectivity index (χ1n) is 20.2. The van der Waals surface area contributed by atoms with Crippen LogP contribution in [0.25, 0.3) is 28.0 Å². The highest BCUT2D eigenvalue weighted by molar-refractivity contribution is 7.98. The Labute approximate surface area is 330 Å². The monoisotopic (exact) mass is 752 g/mol. The summed E-state index contributed by atoms with van der Waals surface area (Å²) in [5.74, 6) is 1.80. The molecule has 0 amide bonds. The predicted molar refractivity (Wildman–Crippen MR) is 228 cm³/mol. The summed E-state index contributed by atoms with van der Waals surface area (Å²) in [5.41, 5.74) is 10.6. The van der Waals surface area contributed by atoms with Gasteiger partial charge >= 0.3 is 0 Å². The number of fused-ring (bicyclic) bond motifs is 8. The van der Waals surface area contributed by atoms with Crippen LogP contribution in [0.2, 0.25) is 0 Å². The van der Waals surface area contributed by atoms with E-state index in [1.54, 1.807) is 7.11 Å². The lowest BCUT2D eigenvalue weighted by Crippen LogP contribution is -2.37. The van der Waals surface area contributed by atoms with E-state index >= 15 is 0 Å². The Balaban J connectivity index is 1.32. The first kappa shape index (κ1) is 36.2. The van der Waals surface area contributed by atoms with Crippen LogP contribution in [0.3, 0.4) is 0 Å². The molecule has 1 unspecified atom stereocenters. The molecule has 0 saturated carbocycles. The molecule has 2 saturated heterocycles. The van der Waals surface area contributed by atoms with E-state index in [1.807, 2.05) is 11.8 Å². The molecule has 0 aromatic heterocycles. The van der Waals surface area contributed by atoms with Gasteiger partial charge in [-0.2, -0.15) is 0 Å². The molecular weight excluding hydrogens is 701 g/mol. The highest BCUT2D eigenvalue weighted by Gasteiger charge is 2.47. The van der Waals surface area contributed by atoms with E-state index in [0.717, 1.165) is 101 Å². The van der Waals surface area contributed by atoms with Crippen molar-refractivity contribution in [3.63, 3.8) is 0 Å². The van der Waals surface area contributed by atoms with Crippen LogP contribution in [-0.2, 0) is 20.5 Å². The Bertz CT molecular complexity index is 2210. The number of methoxy groups -OCH3 is 1. The van der Waals surface area contributed by atoms with Gasteiger partial charge in [0.2, 0.25) is 0 Å². The summed E-state index contributed by atoms with van der Waals surface area (Å²) in [7, 11) is 1.72.